The van der Waals surface area contributed by atoms with E-state index in [0.717, 1.165) is 19.3 Å². The number of aromatic nitrogens is 3. The fourth-order valence-corrected chi connectivity index (χ4v) is 1.19. The minimum Gasteiger partial charge on any atom is -0.225 e. The van der Waals surface area contributed by atoms with Crippen LogP contribution in [0.5, 0.6) is 0 Å². The number of hydrogen-bond donors (Lipinski definition) is 0. The standard InChI is InChI=1S/C8H12ClN3/c1-2-3-4-7(9)8-11-5-10-6-12-8/h5-7H,2-4H2,1H3. The molecule has 1 atom stereocenters. The first kappa shape index (κ1) is 9.39. The third-order valence-electron chi connectivity index (χ3n) is 1.60. The summed E-state index contributed by atoms with van der Waals surface area (Å²) in [6.07, 6.45) is 6.14. The van der Waals surface area contributed by atoms with Crippen LogP contribution in [0.25, 0.3) is 0 Å². The highest BCUT2D eigenvalue weighted by atomic mass is 35.5. The Labute approximate surface area is 77.2 Å². The lowest BCUT2D eigenvalue weighted by molar-refractivity contribution is 0.671. The van der Waals surface area contributed by atoms with Crippen LogP contribution in [0.1, 0.15) is 37.4 Å². The number of unbranched alkanes of at least 4 members (excludes halogenated alkanes) is 1. The summed E-state index contributed by atoms with van der Waals surface area (Å²) in [7, 11) is 0. The van der Waals surface area contributed by atoms with Crippen molar-refractivity contribution in [3.63, 3.8) is 0 Å². The van der Waals surface area contributed by atoms with Crippen molar-refractivity contribution in [3.05, 3.63) is 18.5 Å². The molecule has 0 radical (unpaired) electrons. The zero-order valence-electron chi connectivity index (χ0n) is 7.07. The van der Waals surface area contributed by atoms with Crippen molar-refractivity contribution in [2.45, 2.75) is 31.6 Å². The Morgan fingerprint density at radius 3 is 2.67 bits per heavy atom. The number of hydrogen-bond acceptors (Lipinski definition) is 3. The molecule has 4 heteroatoms. The van der Waals surface area contributed by atoms with Crippen LogP contribution in [0.3, 0.4) is 0 Å². The minimum atomic E-state index is -0.0621. The molecule has 1 aromatic heterocycles. The van der Waals surface area contributed by atoms with Crippen molar-refractivity contribution in [3.8, 4) is 0 Å². The Morgan fingerprint density at radius 1 is 1.42 bits per heavy atom. The summed E-state index contributed by atoms with van der Waals surface area (Å²) < 4.78 is 0. The summed E-state index contributed by atoms with van der Waals surface area (Å²) in [6.45, 7) is 2.14. The number of halogens is 1. The molecule has 0 aromatic carbocycles. The van der Waals surface area contributed by atoms with E-state index >= 15 is 0 Å². The van der Waals surface area contributed by atoms with E-state index in [9.17, 15) is 0 Å². The molecule has 1 heterocycles. The number of nitrogens with zero attached hydrogens (tertiary/aromatic N) is 3. The van der Waals surface area contributed by atoms with Gasteiger partial charge in [-0.05, 0) is 6.42 Å². The van der Waals surface area contributed by atoms with Crippen LogP contribution in [-0.4, -0.2) is 15.0 Å². The number of alkyl halides is 1. The summed E-state index contributed by atoms with van der Waals surface area (Å²) in [5.74, 6) is 0.681. The molecule has 0 fully saturated rings. The molecule has 66 valence electrons. The van der Waals surface area contributed by atoms with Crippen LogP contribution < -0.4 is 0 Å². The Bertz CT molecular complexity index is 215. The highest BCUT2D eigenvalue weighted by Gasteiger charge is 2.08. The van der Waals surface area contributed by atoms with Gasteiger partial charge >= 0.3 is 0 Å². The lowest BCUT2D eigenvalue weighted by Crippen LogP contribution is -1.98. The SMILES string of the molecule is CCCCC(Cl)c1ncncn1. The van der Waals surface area contributed by atoms with E-state index in [1.807, 2.05) is 0 Å². The third-order valence-corrected chi connectivity index (χ3v) is 2.02. The van der Waals surface area contributed by atoms with Gasteiger partial charge in [0.15, 0.2) is 0 Å². The zero-order chi connectivity index (χ0) is 8.81. The molecule has 3 nitrogen and oxygen atoms in total. The second-order valence-corrected chi connectivity index (χ2v) is 3.13. The van der Waals surface area contributed by atoms with Gasteiger partial charge in [-0.1, -0.05) is 19.8 Å². The summed E-state index contributed by atoms with van der Waals surface area (Å²) in [6, 6.07) is 0. The van der Waals surface area contributed by atoms with Crippen molar-refractivity contribution in [1.29, 1.82) is 0 Å². The largest absolute Gasteiger partial charge is 0.225 e. The predicted octanol–water partition coefficient (Wildman–Crippen LogP) is 2.34. The molecule has 0 spiro atoms. The maximum Gasteiger partial charge on any atom is 0.149 e. The summed E-state index contributed by atoms with van der Waals surface area (Å²) in [4.78, 5) is 11.7. The molecule has 0 aliphatic heterocycles. The highest BCUT2D eigenvalue weighted by Crippen LogP contribution is 2.21. The number of rotatable bonds is 4. The van der Waals surface area contributed by atoms with E-state index in [2.05, 4.69) is 21.9 Å². The molecule has 0 aliphatic rings. The topological polar surface area (TPSA) is 38.7 Å². The maximum absolute atomic E-state index is 6.03. The highest BCUT2D eigenvalue weighted by molar-refractivity contribution is 6.20. The van der Waals surface area contributed by atoms with Gasteiger partial charge in [0, 0.05) is 0 Å². The maximum atomic E-state index is 6.03. The van der Waals surface area contributed by atoms with Crippen molar-refractivity contribution < 1.29 is 0 Å². The van der Waals surface area contributed by atoms with Gasteiger partial charge in [-0.3, -0.25) is 0 Å². The van der Waals surface area contributed by atoms with E-state index in [-0.39, 0.29) is 5.38 Å². The third kappa shape index (κ3) is 2.74. The molecule has 1 aromatic rings. The first-order chi connectivity index (χ1) is 5.84. The fourth-order valence-electron chi connectivity index (χ4n) is 0.922. The smallest absolute Gasteiger partial charge is 0.149 e. The van der Waals surface area contributed by atoms with Crippen LogP contribution in [0.15, 0.2) is 12.7 Å². The fraction of sp³-hybridized carbons (Fsp3) is 0.625. The van der Waals surface area contributed by atoms with Crippen molar-refractivity contribution in [2.24, 2.45) is 0 Å². The summed E-state index contributed by atoms with van der Waals surface area (Å²) in [5.41, 5.74) is 0. The van der Waals surface area contributed by atoms with E-state index in [0.29, 0.717) is 5.82 Å². The molecule has 1 unspecified atom stereocenters. The monoisotopic (exact) mass is 185 g/mol. The first-order valence-electron chi connectivity index (χ1n) is 4.10. The molecular formula is C8H12ClN3. The summed E-state index contributed by atoms with van der Waals surface area (Å²) >= 11 is 6.03. The second kappa shape index (κ2) is 5.04. The minimum absolute atomic E-state index is 0.0621. The molecular weight excluding hydrogens is 174 g/mol. The lowest BCUT2D eigenvalue weighted by atomic mass is 10.2. The predicted molar refractivity (Wildman–Crippen MR) is 47.9 cm³/mol. The van der Waals surface area contributed by atoms with Crippen molar-refractivity contribution >= 4 is 11.6 Å². The van der Waals surface area contributed by atoms with Crippen LogP contribution in [-0.2, 0) is 0 Å². The van der Waals surface area contributed by atoms with Gasteiger partial charge in [-0.15, -0.1) is 11.6 Å². The van der Waals surface area contributed by atoms with Gasteiger partial charge in [0.05, 0.1) is 5.38 Å². The molecule has 0 amide bonds. The van der Waals surface area contributed by atoms with Crippen molar-refractivity contribution in [1.82, 2.24) is 15.0 Å². The molecule has 0 saturated carbocycles. The van der Waals surface area contributed by atoms with Crippen molar-refractivity contribution in [2.75, 3.05) is 0 Å². The van der Waals surface area contributed by atoms with E-state index in [1.54, 1.807) is 0 Å². The van der Waals surface area contributed by atoms with Gasteiger partial charge in [-0.2, -0.15) is 0 Å². The normalized spacial score (nSPS) is 12.8. The van der Waals surface area contributed by atoms with Gasteiger partial charge in [0.25, 0.3) is 0 Å². The molecule has 1 rings (SSSR count). The second-order valence-electron chi connectivity index (χ2n) is 2.61. The quantitative estimate of drug-likeness (QED) is 0.676. The molecule has 0 saturated heterocycles. The zero-order valence-corrected chi connectivity index (χ0v) is 7.83. The molecule has 0 aliphatic carbocycles. The molecule has 0 N–H and O–H groups in total. The first-order valence-corrected chi connectivity index (χ1v) is 4.54. The van der Waals surface area contributed by atoms with E-state index < -0.39 is 0 Å². The van der Waals surface area contributed by atoms with Crippen LogP contribution in [0.4, 0.5) is 0 Å². The van der Waals surface area contributed by atoms with Crippen LogP contribution >= 0.6 is 11.6 Å². The molecule has 0 bridgehead atoms. The van der Waals surface area contributed by atoms with Crippen LogP contribution in [0, 0.1) is 0 Å². The average molecular weight is 186 g/mol. The Hall–Kier alpha value is -0.700. The van der Waals surface area contributed by atoms with E-state index in [1.165, 1.54) is 12.7 Å². The van der Waals surface area contributed by atoms with Gasteiger partial charge < -0.3 is 0 Å². The van der Waals surface area contributed by atoms with Gasteiger partial charge in [0.2, 0.25) is 0 Å². The Balaban J connectivity index is 2.48. The lowest BCUT2D eigenvalue weighted by Gasteiger charge is -2.04. The Morgan fingerprint density at radius 2 is 2.08 bits per heavy atom. The average Bonchev–Trinajstić information content (AvgIpc) is 2.15. The summed E-state index contributed by atoms with van der Waals surface area (Å²) in [5, 5.41) is -0.0621. The van der Waals surface area contributed by atoms with Gasteiger partial charge in [-0.25, -0.2) is 15.0 Å². The molecule has 12 heavy (non-hydrogen) atoms. The Kier molecular flexibility index (Phi) is 3.94. The van der Waals surface area contributed by atoms with E-state index in [4.69, 9.17) is 11.6 Å². The van der Waals surface area contributed by atoms with Gasteiger partial charge in [0.1, 0.15) is 18.5 Å². The van der Waals surface area contributed by atoms with Crippen LogP contribution in [0.2, 0.25) is 0 Å².